The first-order valence-corrected chi connectivity index (χ1v) is 8.63. The molecular weight excluding hydrogens is 405 g/mol. The normalized spacial score (nSPS) is 25.8. The van der Waals surface area contributed by atoms with E-state index in [1.807, 2.05) is 26.0 Å². The third-order valence-electron chi connectivity index (χ3n) is 4.46. The molecule has 1 aromatic rings. The van der Waals surface area contributed by atoms with E-state index < -0.39 is 24.2 Å². The molecule has 0 aromatic heterocycles. The van der Waals surface area contributed by atoms with Gasteiger partial charge in [0.05, 0.1) is 0 Å². The fourth-order valence-electron chi connectivity index (χ4n) is 3.74. The number of fused-ring (bicyclic) bond motifs is 2. The second-order valence-corrected chi connectivity index (χ2v) is 8.46. The summed E-state index contributed by atoms with van der Waals surface area (Å²) in [4.78, 5) is 13.6. The molecule has 1 atom stereocenters. The van der Waals surface area contributed by atoms with E-state index in [0.29, 0.717) is 16.9 Å². The second kappa shape index (κ2) is 5.42. The molecule has 2 aliphatic rings. The van der Waals surface area contributed by atoms with Gasteiger partial charge in [0.2, 0.25) is 0 Å². The van der Waals surface area contributed by atoms with E-state index in [4.69, 9.17) is 12.2 Å². The van der Waals surface area contributed by atoms with E-state index in [-0.39, 0.29) is 10.5 Å². The number of hydrogen-bond donors (Lipinski definition) is 1. The van der Waals surface area contributed by atoms with Gasteiger partial charge < -0.3 is 5.32 Å². The van der Waals surface area contributed by atoms with Gasteiger partial charge in [0.15, 0.2) is 5.11 Å². The van der Waals surface area contributed by atoms with Crippen molar-refractivity contribution in [2.45, 2.75) is 38.4 Å². The van der Waals surface area contributed by atoms with E-state index in [2.05, 4.69) is 21.2 Å². The van der Waals surface area contributed by atoms with Crippen molar-refractivity contribution in [2.75, 3.05) is 6.54 Å². The van der Waals surface area contributed by atoms with Crippen LogP contribution in [-0.4, -0.2) is 28.6 Å². The summed E-state index contributed by atoms with van der Waals surface area (Å²) < 4.78 is 39.3. The highest BCUT2D eigenvalue weighted by Gasteiger charge is 2.57. The van der Waals surface area contributed by atoms with Crippen molar-refractivity contribution in [1.29, 1.82) is 0 Å². The zero-order chi connectivity index (χ0) is 17.9. The molecule has 1 aromatic carbocycles. The lowest BCUT2D eigenvalue weighted by atomic mass is 9.65. The van der Waals surface area contributed by atoms with Gasteiger partial charge in [-0.25, -0.2) is 0 Å². The van der Waals surface area contributed by atoms with Crippen LogP contribution >= 0.6 is 28.1 Å². The quantitative estimate of drug-likeness (QED) is 0.699. The summed E-state index contributed by atoms with van der Waals surface area (Å²) in [5.41, 5.74) is 0.177. The Morgan fingerprint density at radius 2 is 2.04 bits per heavy atom. The van der Waals surface area contributed by atoms with Crippen molar-refractivity contribution >= 4 is 39.2 Å². The summed E-state index contributed by atoms with van der Waals surface area (Å²) in [6.07, 6.45) is -3.37. The molecule has 1 aliphatic heterocycles. The first kappa shape index (κ1) is 17.7. The Morgan fingerprint density at radius 3 is 2.67 bits per heavy atom. The van der Waals surface area contributed by atoms with E-state index in [1.165, 1.54) is 0 Å². The maximum Gasteiger partial charge on any atom is 0.406 e. The van der Waals surface area contributed by atoms with Gasteiger partial charge in [0.1, 0.15) is 12.1 Å². The van der Waals surface area contributed by atoms with Crippen molar-refractivity contribution in [3.8, 4) is 0 Å². The molecule has 1 amide bonds. The maximum atomic E-state index is 13.0. The molecule has 1 saturated heterocycles. The van der Waals surface area contributed by atoms with Gasteiger partial charge >= 0.3 is 6.18 Å². The first-order chi connectivity index (χ1) is 10.9. The number of carbonyl (C=O) groups excluding carboxylic acids is 1. The highest BCUT2D eigenvalue weighted by atomic mass is 79.9. The monoisotopic (exact) mass is 420 g/mol. The topological polar surface area (TPSA) is 32.3 Å². The molecular formula is C16H16BrF3N2OS. The van der Waals surface area contributed by atoms with Crippen LogP contribution in [0.15, 0.2) is 22.7 Å². The lowest BCUT2D eigenvalue weighted by molar-refractivity contribution is -0.154. The van der Waals surface area contributed by atoms with Gasteiger partial charge in [-0.15, -0.1) is 0 Å². The van der Waals surface area contributed by atoms with Crippen molar-refractivity contribution in [3.63, 3.8) is 0 Å². The fourth-order valence-corrected chi connectivity index (χ4v) is 4.43. The van der Waals surface area contributed by atoms with Gasteiger partial charge in [0.25, 0.3) is 5.91 Å². The van der Waals surface area contributed by atoms with Crippen LogP contribution in [0.1, 0.15) is 31.4 Å². The van der Waals surface area contributed by atoms with Gasteiger partial charge in [-0.2, -0.15) is 13.2 Å². The van der Waals surface area contributed by atoms with Crippen LogP contribution < -0.4 is 5.32 Å². The number of benzene rings is 1. The summed E-state index contributed by atoms with van der Waals surface area (Å²) in [6.45, 7) is 2.64. The zero-order valence-corrected chi connectivity index (χ0v) is 15.5. The third-order valence-corrected chi connectivity index (χ3v) is 5.27. The molecule has 1 unspecified atom stereocenters. The third kappa shape index (κ3) is 2.94. The molecule has 1 aliphatic carbocycles. The molecule has 0 saturated carbocycles. The molecule has 0 radical (unpaired) electrons. The van der Waals surface area contributed by atoms with Crippen molar-refractivity contribution in [2.24, 2.45) is 5.41 Å². The number of rotatable bonds is 1. The van der Waals surface area contributed by atoms with Crippen LogP contribution in [0.25, 0.3) is 0 Å². The molecule has 3 rings (SSSR count). The largest absolute Gasteiger partial charge is 0.406 e. The Morgan fingerprint density at radius 1 is 1.38 bits per heavy atom. The molecule has 1 heterocycles. The Labute approximate surface area is 151 Å². The Hall–Kier alpha value is -1.15. The maximum absolute atomic E-state index is 13.0. The average Bonchev–Trinajstić information content (AvgIpc) is 2.63. The highest BCUT2D eigenvalue weighted by Crippen LogP contribution is 2.48. The highest BCUT2D eigenvalue weighted by molar-refractivity contribution is 9.10. The summed E-state index contributed by atoms with van der Waals surface area (Å²) in [5.74, 6) is -0.628. The number of halogens is 4. The summed E-state index contributed by atoms with van der Waals surface area (Å²) in [6, 6.07) is 5.58. The molecule has 1 spiro atoms. The number of carbonyl (C=O) groups is 1. The predicted molar refractivity (Wildman–Crippen MR) is 91.4 cm³/mol. The Balaban J connectivity index is 2.12. The van der Waals surface area contributed by atoms with Crippen LogP contribution in [0.2, 0.25) is 0 Å². The van der Waals surface area contributed by atoms with Crippen LogP contribution in [0.5, 0.6) is 0 Å². The molecule has 130 valence electrons. The second-order valence-electron chi connectivity index (χ2n) is 7.16. The lowest BCUT2D eigenvalue weighted by Crippen LogP contribution is -2.51. The summed E-state index contributed by atoms with van der Waals surface area (Å²) >= 11 is 8.44. The fraction of sp³-hybridized carbons (Fsp3) is 0.500. The molecule has 24 heavy (non-hydrogen) atoms. The van der Waals surface area contributed by atoms with Crippen LogP contribution in [-0.2, 0) is 16.8 Å². The Kier molecular flexibility index (Phi) is 3.99. The van der Waals surface area contributed by atoms with Gasteiger partial charge in [-0.3, -0.25) is 9.69 Å². The van der Waals surface area contributed by atoms with Crippen molar-refractivity contribution < 1.29 is 18.0 Å². The molecule has 1 fully saturated rings. The lowest BCUT2D eigenvalue weighted by Gasteiger charge is -2.42. The summed E-state index contributed by atoms with van der Waals surface area (Å²) in [5, 5.41) is 2.75. The van der Waals surface area contributed by atoms with Crippen molar-refractivity contribution in [1.82, 2.24) is 10.2 Å². The van der Waals surface area contributed by atoms with Crippen molar-refractivity contribution in [3.05, 3.63) is 33.8 Å². The predicted octanol–water partition coefficient (Wildman–Crippen LogP) is 3.90. The van der Waals surface area contributed by atoms with Crippen LogP contribution in [0.3, 0.4) is 0 Å². The molecule has 0 bridgehead atoms. The SMILES string of the molecule is CC1(C)Cc2ccc(Br)cc2C2(C1)NC(=S)N(CC(F)(F)F)C2=O. The minimum Gasteiger partial charge on any atom is -0.344 e. The summed E-state index contributed by atoms with van der Waals surface area (Å²) in [7, 11) is 0. The number of thiocarbonyl (C=S) groups is 1. The van der Waals surface area contributed by atoms with Crippen LogP contribution in [0.4, 0.5) is 13.2 Å². The minimum absolute atomic E-state index is 0.166. The first-order valence-electron chi connectivity index (χ1n) is 7.43. The smallest absolute Gasteiger partial charge is 0.344 e. The molecule has 3 nitrogen and oxygen atoms in total. The van der Waals surface area contributed by atoms with Gasteiger partial charge in [-0.1, -0.05) is 35.8 Å². The van der Waals surface area contributed by atoms with Crippen LogP contribution in [0, 0.1) is 5.41 Å². The number of alkyl halides is 3. The zero-order valence-electron chi connectivity index (χ0n) is 13.1. The van der Waals surface area contributed by atoms with E-state index in [1.54, 1.807) is 6.07 Å². The number of nitrogens with zero attached hydrogens (tertiary/aromatic N) is 1. The number of hydrogen-bond acceptors (Lipinski definition) is 2. The Bertz CT molecular complexity index is 735. The standard InChI is InChI=1S/C16H16BrF3N2OS/c1-14(2)6-9-3-4-10(17)5-11(9)15(7-14)12(23)22(13(24)21-15)8-16(18,19)20/h3-5H,6-8H2,1-2H3,(H,21,24). The molecule has 8 heteroatoms. The van der Waals surface area contributed by atoms with Gasteiger partial charge in [0, 0.05) is 4.47 Å². The van der Waals surface area contributed by atoms with E-state index in [9.17, 15) is 18.0 Å². The van der Waals surface area contributed by atoms with E-state index >= 15 is 0 Å². The molecule has 1 N–H and O–H groups in total. The minimum atomic E-state index is -4.50. The van der Waals surface area contributed by atoms with E-state index in [0.717, 1.165) is 16.5 Å². The van der Waals surface area contributed by atoms with Gasteiger partial charge in [-0.05, 0) is 53.7 Å². The number of nitrogens with one attached hydrogen (secondary N) is 1. The average molecular weight is 421 g/mol. The number of amides is 1.